The number of benzene rings is 1. The molecule has 4 heteroatoms. The van der Waals surface area contributed by atoms with Crippen LogP contribution in [0.1, 0.15) is 18.1 Å². The molecule has 1 unspecified atom stereocenters. The zero-order valence-corrected chi connectivity index (χ0v) is 13.0. The number of aryl methyl sites for hydroxylation is 1. The molecule has 1 aromatic carbocycles. The lowest BCUT2D eigenvalue weighted by molar-refractivity contribution is 0.171. The first-order chi connectivity index (χ1) is 9.13. The van der Waals surface area contributed by atoms with E-state index in [-0.39, 0.29) is 0 Å². The molecule has 0 radical (unpaired) electrons. The Kier molecular flexibility index (Phi) is 7.21. The molecule has 0 aliphatic heterocycles. The molecule has 0 amide bonds. The lowest BCUT2D eigenvalue weighted by atomic mass is 10.1. The van der Waals surface area contributed by atoms with Gasteiger partial charge in [0, 0.05) is 38.4 Å². The predicted molar refractivity (Wildman–Crippen MR) is 81.3 cm³/mol. The highest BCUT2D eigenvalue weighted by Crippen LogP contribution is 2.22. The Morgan fingerprint density at radius 1 is 1.26 bits per heavy atom. The lowest BCUT2D eigenvalue weighted by Gasteiger charge is -2.31. The Morgan fingerprint density at radius 2 is 2.00 bits per heavy atom. The van der Waals surface area contributed by atoms with Crippen LogP contribution in [0.25, 0.3) is 0 Å². The zero-order chi connectivity index (χ0) is 14.3. The van der Waals surface area contributed by atoms with E-state index in [1.807, 2.05) is 0 Å². The predicted octanol–water partition coefficient (Wildman–Crippen LogP) is 3.22. The number of anilines is 1. The first kappa shape index (κ1) is 16.3. The van der Waals surface area contributed by atoms with Crippen molar-refractivity contribution in [2.45, 2.75) is 25.8 Å². The molecule has 0 saturated heterocycles. The average Bonchev–Trinajstić information content (AvgIpc) is 2.39. The topological polar surface area (TPSA) is 21.7 Å². The smallest absolute Gasteiger partial charge is 0.0663 e. The maximum atomic E-state index is 5.91. The average molecular weight is 286 g/mol. The molecule has 0 saturated carbocycles. The summed E-state index contributed by atoms with van der Waals surface area (Å²) >= 11 is 5.91. The Hall–Kier alpha value is -0.770. The fourth-order valence-electron chi connectivity index (χ4n) is 2.13. The molecule has 0 aromatic heterocycles. The summed E-state index contributed by atoms with van der Waals surface area (Å²) in [5.74, 6) is 0.553. The van der Waals surface area contributed by atoms with E-state index in [9.17, 15) is 0 Å². The van der Waals surface area contributed by atoms with Crippen LogP contribution >= 0.6 is 11.6 Å². The van der Waals surface area contributed by atoms with Crippen LogP contribution in [0.15, 0.2) is 18.2 Å². The number of methoxy groups -OCH3 is 2. The minimum absolute atomic E-state index is 0.307. The molecule has 3 nitrogen and oxygen atoms in total. The van der Waals surface area contributed by atoms with Gasteiger partial charge in [-0.15, -0.1) is 11.6 Å². The molecule has 0 bridgehead atoms. The van der Waals surface area contributed by atoms with E-state index in [1.54, 1.807) is 14.2 Å². The van der Waals surface area contributed by atoms with Gasteiger partial charge in [-0.2, -0.15) is 0 Å². The Morgan fingerprint density at radius 3 is 2.53 bits per heavy atom. The summed E-state index contributed by atoms with van der Waals surface area (Å²) in [5.41, 5.74) is 3.59. The van der Waals surface area contributed by atoms with Crippen LogP contribution in [0.2, 0.25) is 0 Å². The summed E-state index contributed by atoms with van der Waals surface area (Å²) in [6, 6.07) is 6.70. The van der Waals surface area contributed by atoms with Gasteiger partial charge in [-0.1, -0.05) is 6.07 Å². The van der Waals surface area contributed by atoms with Crippen molar-refractivity contribution >= 4 is 17.3 Å². The van der Waals surface area contributed by atoms with Crippen LogP contribution in [0, 0.1) is 6.92 Å². The minimum Gasteiger partial charge on any atom is -0.383 e. The second-order valence-corrected chi connectivity index (χ2v) is 5.00. The molecule has 19 heavy (non-hydrogen) atoms. The fraction of sp³-hybridized carbons (Fsp3) is 0.600. The van der Waals surface area contributed by atoms with Gasteiger partial charge < -0.3 is 14.4 Å². The first-order valence-electron chi connectivity index (χ1n) is 6.54. The third kappa shape index (κ3) is 4.68. The van der Waals surface area contributed by atoms with Crippen molar-refractivity contribution in [3.8, 4) is 0 Å². The third-order valence-electron chi connectivity index (χ3n) is 3.28. The van der Waals surface area contributed by atoms with Crippen molar-refractivity contribution < 1.29 is 9.47 Å². The van der Waals surface area contributed by atoms with Crippen molar-refractivity contribution in [3.05, 3.63) is 29.3 Å². The van der Waals surface area contributed by atoms with E-state index < -0.39 is 0 Å². The molecule has 0 spiro atoms. The summed E-state index contributed by atoms with van der Waals surface area (Å²) in [5, 5.41) is 0. The van der Waals surface area contributed by atoms with Crippen LogP contribution in [0.3, 0.4) is 0 Å². The van der Waals surface area contributed by atoms with Gasteiger partial charge in [0.15, 0.2) is 0 Å². The minimum atomic E-state index is 0.307. The van der Waals surface area contributed by atoms with Gasteiger partial charge in [0.05, 0.1) is 13.2 Å². The quantitative estimate of drug-likeness (QED) is 0.685. The Balaban J connectivity index is 2.92. The van der Waals surface area contributed by atoms with Crippen LogP contribution in [-0.2, 0) is 15.4 Å². The molecule has 0 fully saturated rings. The largest absolute Gasteiger partial charge is 0.383 e. The van der Waals surface area contributed by atoms with E-state index in [1.165, 1.54) is 16.8 Å². The third-order valence-corrected chi connectivity index (χ3v) is 3.57. The summed E-state index contributed by atoms with van der Waals surface area (Å²) < 4.78 is 10.5. The normalized spacial score (nSPS) is 12.5. The van der Waals surface area contributed by atoms with Crippen LogP contribution in [-0.4, -0.2) is 40.0 Å². The van der Waals surface area contributed by atoms with Crippen molar-refractivity contribution in [2.24, 2.45) is 0 Å². The molecule has 1 rings (SSSR count). The Labute approximate surface area is 121 Å². The monoisotopic (exact) mass is 285 g/mol. The van der Waals surface area contributed by atoms with Crippen LogP contribution < -0.4 is 4.90 Å². The van der Waals surface area contributed by atoms with Crippen molar-refractivity contribution in [3.63, 3.8) is 0 Å². The van der Waals surface area contributed by atoms with Gasteiger partial charge in [-0.05, 0) is 37.1 Å². The van der Waals surface area contributed by atoms with Gasteiger partial charge >= 0.3 is 0 Å². The number of hydrogen-bond donors (Lipinski definition) is 0. The zero-order valence-electron chi connectivity index (χ0n) is 12.3. The second kappa shape index (κ2) is 8.41. The van der Waals surface area contributed by atoms with Gasteiger partial charge in [-0.25, -0.2) is 0 Å². The number of halogens is 1. The van der Waals surface area contributed by atoms with Crippen molar-refractivity contribution in [1.29, 1.82) is 0 Å². The van der Waals surface area contributed by atoms with Gasteiger partial charge in [-0.3, -0.25) is 0 Å². The fourth-order valence-corrected chi connectivity index (χ4v) is 2.43. The van der Waals surface area contributed by atoms with E-state index in [2.05, 4.69) is 36.9 Å². The molecule has 0 heterocycles. The van der Waals surface area contributed by atoms with E-state index in [0.29, 0.717) is 25.1 Å². The van der Waals surface area contributed by atoms with Crippen molar-refractivity contribution in [2.75, 3.05) is 38.9 Å². The van der Waals surface area contributed by atoms with Gasteiger partial charge in [0.25, 0.3) is 0 Å². The first-order valence-corrected chi connectivity index (χ1v) is 7.07. The molecule has 0 aliphatic carbocycles. The summed E-state index contributed by atoms with van der Waals surface area (Å²) in [7, 11) is 3.45. The van der Waals surface area contributed by atoms with Crippen LogP contribution in [0.4, 0.5) is 5.69 Å². The maximum absolute atomic E-state index is 5.91. The molecule has 108 valence electrons. The maximum Gasteiger partial charge on any atom is 0.0663 e. The number of hydrogen-bond acceptors (Lipinski definition) is 3. The Bertz CT molecular complexity index is 384. The number of ether oxygens (including phenoxy) is 2. The van der Waals surface area contributed by atoms with Crippen LogP contribution in [0.5, 0.6) is 0 Å². The van der Waals surface area contributed by atoms with Gasteiger partial charge in [0.2, 0.25) is 0 Å². The summed E-state index contributed by atoms with van der Waals surface area (Å²) in [6.45, 7) is 6.49. The highest BCUT2D eigenvalue weighted by atomic mass is 35.5. The highest BCUT2D eigenvalue weighted by Gasteiger charge is 2.15. The van der Waals surface area contributed by atoms with E-state index in [0.717, 1.165) is 6.54 Å². The number of nitrogens with zero attached hydrogens (tertiary/aromatic N) is 1. The van der Waals surface area contributed by atoms with E-state index in [4.69, 9.17) is 21.1 Å². The molecule has 1 atom stereocenters. The molecule has 0 aliphatic rings. The second-order valence-electron chi connectivity index (χ2n) is 4.73. The number of rotatable bonds is 8. The number of alkyl halides is 1. The highest BCUT2D eigenvalue weighted by molar-refractivity contribution is 6.17. The summed E-state index contributed by atoms with van der Waals surface area (Å²) in [6.07, 6.45) is 0. The molecular formula is C15H24ClNO2. The van der Waals surface area contributed by atoms with Crippen molar-refractivity contribution in [1.82, 2.24) is 0 Å². The molecule has 1 aromatic rings. The SMILES string of the molecule is COCCN(c1ccc(CCl)c(C)c1)C(C)COC. The standard InChI is InChI=1S/C15H24ClNO2/c1-12-9-15(6-5-14(12)10-16)17(7-8-18-3)13(2)11-19-4/h5-6,9,13H,7-8,10-11H2,1-4H3. The lowest BCUT2D eigenvalue weighted by Crippen LogP contribution is -2.38. The summed E-state index contributed by atoms with van der Waals surface area (Å²) in [4.78, 5) is 2.30. The van der Waals surface area contributed by atoms with E-state index >= 15 is 0 Å². The molecular weight excluding hydrogens is 262 g/mol. The van der Waals surface area contributed by atoms with Gasteiger partial charge in [0.1, 0.15) is 0 Å². The molecule has 0 N–H and O–H groups in total.